The van der Waals surface area contributed by atoms with Crippen LogP contribution in [0, 0.1) is 6.92 Å². The molecule has 1 atom stereocenters. The predicted molar refractivity (Wildman–Crippen MR) is 126 cm³/mol. The molecular weight excluding hydrogens is 418 g/mol. The summed E-state index contributed by atoms with van der Waals surface area (Å²) in [6, 6.07) is 14.0. The van der Waals surface area contributed by atoms with Crippen LogP contribution >= 0.6 is 0 Å². The van der Waals surface area contributed by atoms with Gasteiger partial charge in [-0.3, -0.25) is 14.2 Å². The minimum atomic E-state index is -1.00. The standard InChI is InChI=1S/C25H23N5O3/c1-15-10-19(16(2)27-20-8-4-3-7-18(20)25(32)33)24-28-22(11-23(31)30(24)12-15)29-13-17-6-5-9-26-21(17)14-29/h3-12,16,27H,13-14H2,1-2H3,(H,32,33)/t16-/m1/s1. The van der Waals surface area contributed by atoms with Gasteiger partial charge in [0.2, 0.25) is 0 Å². The van der Waals surface area contributed by atoms with E-state index in [0.717, 1.165) is 22.4 Å². The minimum Gasteiger partial charge on any atom is -0.478 e. The van der Waals surface area contributed by atoms with E-state index in [2.05, 4.69) is 10.3 Å². The summed E-state index contributed by atoms with van der Waals surface area (Å²) in [4.78, 5) is 36.0. The van der Waals surface area contributed by atoms with Crippen molar-refractivity contribution in [1.29, 1.82) is 0 Å². The van der Waals surface area contributed by atoms with Gasteiger partial charge < -0.3 is 15.3 Å². The van der Waals surface area contributed by atoms with Gasteiger partial charge in [0.05, 0.1) is 23.8 Å². The number of carboxylic acids is 1. The van der Waals surface area contributed by atoms with Crippen molar-refractivity contribution in [3.63, 3.8) is 0 Å². The predicted octanol–water partition coefficient (Wildman–Crippen LogP) is 3.79. The van der Waals surface area contributed by atoms with Gasteiger partial charge in [0.1, 0.15) is 11.5 Å². The lowest BCUT2D eigenvalue weighted by Crippen LogP contribution is -2.23. The van der Waals surface area contributed by atoms with Crippen LogP contribution in [0.25, 0.3) is 5.65 Å². The van der Waals surface area contributed by atoms with Crippen molar-refractivity contribution in [3.05, 3.63) is 99.2 Å². The fourth-order valence-corrected chi connectivity index (χ4v) is 4.31. The number of benzene rings is 1. The lowest BCUT2D eigenvalue weighted by molar-refractivity contribution is 0.0698. The SMILES string of the molecule is Cc1cc([C@@H](C)Nc2ccccc2C(=O)O)c2nc(N3Cc4cccnc4C3)cc(=O)n2c1. The summed E-state index contributed by atoms with van der Waals surface area (Å²) in [7, 11) is 0. The van der Waals surface area contributed by atoms with Crippen LogP contribution in [0.2, 0.25) is 0 Å². The molecule has 0 radical (unpaired) electrons. The number of aryl methyl sites for hydroxylation is 1. The third kappa shape index (κ3) is 3.80. The summed E-state index contributed by atoms with van der Waals surface area (Å²) < 4.78 is 1.55. The second-order valence-electron chi connectivity index (χ2n) is 8.30. The second kappa shape index (κ2) is 8.05. The summed E-state index contributed by atoms with van der Waals surface area (Å²) in [5.41, 5.74) is 4.91. The number of carbonyl (C=O) groups is 1. The molecule has 0 aliphatic carbocycles. The van der Waals surface area contributed by atoms with Crippen LogP contribution in [0.3, 0.4) is 0 Å². The zero-order valence-electron chi connectivity index (χ0n) is 18.3. The molecule has 1 aliphatic rings. The van der Waals surface area contributed by atoms with Crippen LogP contribution in [0.1, 0.15) is 45.7 Å². The number of aromatic carboxylic acids is 1. The largest absolute Gasteiger partial charge is 0.478 e. The number of anilines is 2. The third-order valence-corrected chi connectivity index (χ3v) is 5.92. The Kier molecular flexibility index (Phi) is 5.05. The number of carboxylic acid groups (broad SMARTS) is 1. The van der Waals surface area contributed by atoms with E-state index < -0.39 is 5.97 Å². The second-order valence-corrected chi connectivity index (χ2v) is 8.30. The molecule has 0 unspecified atom stereocenters. The Labute approximate surface area is 190 Å². The van der Waals surface area contributed by atoms with E-state index in [0.29, 0.717) is 30.2 Å². The van der Waals surface area contributed by atoms with Crippen LogP contribution in [0.15, 0.2) is 65.7 Å². The number of fused-ring (bicyclic) bond motifs is 2. The molecule has 0 amide bonds. The first-order valence-electron chi connectivity index (χ1n) is 10.7. The average Bonchev–Trinajstić information content (AvgIpc) is 3.23. The molecule has 2 N–H and O–H groups in total. The van der Waals surface area contributed by atoms with Crippen molar-refractivity contribution in [2.75, 3.05) is 10.2 Å². The Morgan fingerprint density at radius 3 is 2.76 bits per heavy atom. The minimum absolute atomic E-state index is 0.165. The van der Waals surface area contributed by atoms with Gasteiger partial charge in [0, 0.05) is 36.3 Å². The summed E-state index contributed by atoms with van der Waals surface area (Å²) >= 11 is 0. The zero-order valence-corrected chi connectivity index (χ0v) is 18.3. The molecule has 0 saturated carbocycles. The van der Waals surface area contributed by atoms with E-state index in [1.165, 1.54) is 0 Å². The highest BCUT2D eigenvalue weighted by Gasteiger charge is 2.23. The summed E-state index contributed by atoms with van der Waals surface area (Å²) in [6.45, 7) is 5.10. The molecule has 4 heterocycles. The van der Waals surface area contributed by atoms with Crippen molar-refractivity contribution in [1.82, 2.24) is 14.4 Å². The highest BCUT2D eigenvalue weighted by Crippen LogP contribution is 2.28. The molecule has 8 nitrogen and oxygen atoms in total. The van der Waals surface area contributed by atoms with Crippen LogP contribution < -0.4 is 15.8 Å². The molecule has 3 aromatic heterocycles. The lowest BCUT2D eigenvalue weighted by Gasteiger charge is -2.21. The van der Waals surface area contributed by atoms with E-state index in [-0.39, 0.29) is 17.2 Å². The Balaban J connectivity index is 1.57. The van der Waals surface area contributed by atoms with Crippen molar-refractivity contribution in [2.24, 2.45) is 0 Å². The van der Waals surface area contributed by atoms with E-state index in [4.69, 9.17) is 4.98 Å². The number of hydrogen-bond donors (Lipinski definition) is 2. The zero-order chi connectivity index (χ0) is 23.1. The Morgan fingerprint density at radius 2 is 1.97 bits per heavy atom. The van der Waals surface area contributed by atoms with E-state index in [1.807, 2.05) is 36.9 Å². The van der Waals surface area contributed by atoms with E-state index in [1.54, 1.807) is 47.1 Å². The third-order valence-electron chi connectivity index (χ3n) is 5.92. The normalized spacial score (nSPS) is 13.7. The van der Waals surface area contributed by atoms with Crippen LogP contribution in [-0.4, -0.2) is 25.4 Å². The van der Waals surface area contributed by atoms with Gasteiger partial charge >= 0.3 is 5.97 Å². The smallest absolute Gasteiger partial charge is 0.337 e. The van der Waals surface area contributed by atoms with E-state index >= 15 is 0 Å². The molecule has 1 aromatic carbocycles. The molecule has 5 rings (SSSR count). The van der Waals surface area contributed by atoms with Crippen molar-refractivity contribution < 1.29 is 9.90 Å². The molecule has 166 valence electrons. The fraction of sp³-hybridized carbons (Fsp3) is 0.200. The molecule has 0 saturated heterocycles. The van der Waals surface area contributed by atoms with Gasteiger partial charge in [0.25, 0.3) is 5.56 Å². The van der Waals surface area contributed by atoms with Gasteiger partial charge in [-0.2, -0.15) is 0 Å². The first kappa shape index (κ1) is 20.7. The average molecular weight is 441 g/mol. The first-order chi connectivity index (χ1) is 15.9. The quantitative estimate of drug-likeness (QED) is 0.486. The van der Waals surface area contributed by atoms with Gasteiger partial charge in [0.15, 0.2) is 0 Å². The Morgan fingerprint density at radius 1 is 1.15 bits per heavy atom. The summed E-state index contributed by atoms with van der Waals surface area (Å²) in [5, 5.41) is 12.8. The maximum absolute atomic E-state index is 13.0. The molecule has 0 bridgehead atoms. The van der Waals surface area contributed by atoms with Crippen LogP contribution in [0.5, 0.6) is 0 Å². The molecule has 1 aliphatic heterocycles. The summed E-state index contributed by atoms with van der Waals surface area (Å²) in [6.07, 6.45) is 3.55. The molecule has 0 spiro atoms. The van der Waals surface area contributed by atoms with Gasteiger partial charge in [-0.1, -0.05) is 18.2 Å². The van der Waals surface area contributed by atoms with Crippen molar-refractivity contribution in [2.45, 2.75) is 33.0 Å². The number of rotatable bonds is 5. The molecule has 4 aromatic rings. The maximum Gasteiger partial charge on any atom is 0.337 e. The van der Waals surface area contributed by atoms with Gasteiger partial charge in [-0.25, -0.2) is 9.78 Å². The highest BCUT2D eigenvalue weighted by atomic mass is 16.4. The number of nitrogens with zero attached hydrogens (tertiary/aromatic N) is 4. The maximum atomic E-state index is 13.0. The molecule has 8 heteroatoms. The van der Waals surface area contributed by atoms with Crippen LogP contribution in [-0.2, 0) is 13.1 Å². The number of para-hydroxylation sites is 1. The number of aromatic nitrogens is 3. The molecule has 0 fully saturated rings. The topological polar surface area (TPSA) is 99.8 Å². The van der Waals surface area contributed by atoms with Crippen LogP contribution in [0.4, 0.5) is 11.5 Å². The number of nitrogens with one attached hydrogen (secondary N) is 1. The molecule has 33 heavy (non-hydrogen) atoms. The van der Waals surface area contributed by atoms with Gasteiger partial charge in [-0.05, 0) is 49.2 Å². The number of pyridine rings is 2. The Hall–Kier alpha value is -4.20. The van der Waals surface area contributed by atoms with Crippen molar-refractivity contribution in [3.8, 4) is 0 Å². The summed E-state index contributed by atoms with van der Waals surface area (Å²) in [5.74, 6) is -0.403. The lowest BCUT2D eigenvalue weighted by atomic mass is 10.1. The monoisotopic (exact) mass is 441 g/mol. The fourth-order valence-electron chi connectivity index (χ4n) is 4.31. The first-order valence-corrected chi connectivity index (χ1v) is 10.7. The number of hydrogen-bond acceptors (Lipinski definition) is 6. The van der Waals surface area contributed by atoms with Crippen molar-refractivity contribution >= 4 is 23.1 Å². The Bertz CT molecular complexity index is 1420. The molecular formula is C25H23N5O3. The highest BCUT2D eigenvalue weighted by molar-refractivity contribution is 5.94. The van der Waals surface area contributed by atoms with Gasteiger partial charge in [-0.15, -0.1) is 0 Å². The van der Waals surface area contributed by atoms with E-state index in [9.17, 15) is 14.7 Å².